The third-order valence-electron chi connectivity index (χ3n) is 3.96. The first-order valence-electron chi connectivity index (χ1n) is 8.15. The number of hydrogen-bond acceptors (Lipinski definition) is 4. The Morgan fingerprint density at radius 3 is 2.88 bits per heavy atom. The molecule has 0 fully saturated rings. The van der Waals surface area contributed by atoms with Crippen LogP contribution in [0.4, 0.5) is 0 Å². The minimum atomic E-state index is -0.218. The summed E-state index contributed by atoms with van der Waals surface area (Å²) < 4.78 is 16.8. The summed E-state index contributed by atoms with van der Waals surface area (Å²) in [5, 5.41) is 2.90. The molecule has 0 aromatic heterocycles. The van der Waals surface area contributed by atoms with Gasteiger partial charge in [0.05, 0.1) is 13.7 Å². The first-order chi connectivity index (χ1) is 12.2. The average Bonchev–Trinajstić information content (AvgIpc) is 2.66. The van der Waals surface area contributed by atoms with Gasteiger partial charge in [-0.05, 0) is 42.3 Å². The molecular formula is C20H21NO4. The van der Waals surface area contributed by atoms with E-state index in [0.29, 0.717) is 30.9 Å². The van der Waals surface area contributed by atoms with Gasteiger partial charge in [0.25, 0.3) is 5.91 Å². The van der Waals surface area contributed by atoms with E-state index in [1.165, 1.54) is 0 Å². The fourth-order valence-electron chi connectivity index (χ4n) is 2.71. The number of rotatable bonds is 6. The fourth-order valence-corrected chi connectivity index (χ4v) is 2.71. The van der Waals surface area contributed by atoms with Gasteiger partial charge >= 0.3 is 0 Å². The summed E-state index contributed by atoms with van der Waals surface area (Å²) in [4.78, 5) is 12.4. The summed E-state index contributed by atoms with van der Waals surface area (Å²) in [6, 6.07) is 12.9. The van der Waals surface area contributed by atoms with Crippen LogP contribution in [0.3, 0.4) is 0 Å². The maximum atomic E-state index is 12.4. The van der Waals surface area contributed by atoms with Gasteiger partial charge in [-0.1, -0.05) is 18.2 Å². The number of carbonyl (C=O) groups excluding carboxylic acids is 1. The van der Waals surface area contributed by atoms with Crippen LogP contribution in [-0.4, -0.2) is 32.3 Å². The smallest absolute Gasteiger partial charge is 0.251 e. The van der Waals surface area contributed by atoms with Gasteiger partial charge in [-0.15, -0.1) is 6.58 Å². The fraction of sp³-hybridized carbons (Fsp3) is 0.250. The number of fused-ring (bicyclic) bond motifs is 1. The van der Waals surface area contributed by atoms with Crippen LogP contribution in [0.25, 0.3) is 0 Å². The second kappa shape index (κ2) is 7.75. The van der Waals surface area contributed by atoms with Crippen molar-refractivity contribution in [2.24, 2.45) is 0 Å². The van der Waals surface area contributed by atoms with E-state index in [0.717, 1.165) is 17.1 Å². The Hall–Kier alpha value is -2.95. The Balaban J connectivity index is 1.61. The quantitative estimate of drug-likeness (QED) is 0.822. The third kappa shape index (κ3) is 3.94. The highest BCUT2D eigenvalue weighted by Crippen LogP contribution is 2.30. The van der Waals surface area contributed by atoms with Crippen molar-refractivity contribution in [2.75, 3.05) is 20.3 Å². The van der Waals surface area contributed by atoms with Crippen molar-refractivity contribution in [3.05, 3.63) is 66.2 Å². The molecule has 25 heavy (non-hydrogen) atoms. The lowest BCUT2D eigenvalue weighted by atomic mass is 10.1. The SMILES string of the molecule is C=CCc1cc(C(=O)NC[C@@H]2COc3ccccc3O2)ccc1OC. The van der Waals surface area contributed by atoms with Crippen LogP contribution in [0.2, 0.25) is 0 Å². The lowest BCUT2D eigenvalue weighted by Gasteiger charge is -2.26. The number of nitrogens with one attached hydrogen (secondary N) is 1. The van der Waals surface area contributed by atoms with Crippen molar-refractivity contribution < 1.29 is 19.0 Å². The molecule has 3 rings (SSSR count). The summed E-state index contributed by atoms with van der Waals surface area (Å²) in [7, 11) is 1.61. The largest absolute Gasteiger partial charge is 0.496 e. The zero-order valence-corrected chi connectivity index (χ0v) is 14.2. The van der Waals surface area contributed by atoms with Crippen molar-refractivity contribution in [1.29, 1.82) is 0 Å². The molecule has 0 saturated heterocycles. The molecule has 1 N–H and O–H groups in total. The molecule has 1 aliphatic heterocycles. The van der Waals surface area contributed by atoms with Gasteiger partial charge in [0.15, 0.2) is 11.5 Å². The first kappa shape index (κ1) is 16.9. The maximum Gasteiger partial charge on any atom is 0.251 e. The molecule has 130 valence electrons. The van der Waals surface area contributed by atoms with Gasteiger partial charge in [0.1, 0.15) is 18.5 Å². The molecule has 1 heterocycles. The van der Waals surface area contributed by atoms with E-state index in [2.05, 4.69) is 11.9 Å². The molecule has 1 aliphatic rings. The second-order valence-corrected chi connectivity index (χ2v) is 5.73. The molecule has 5 heteroatoms. The lowest BCUT2D eigenvalue weighted by Crippen LogP contribution is -2.40. The molecule has 5 nitrogen and oxygen atoms in total. The summed E-state index contributed by atoms with van der Waals surface area (Å²) >= 11 is 0. The van der Waals surface area contributed by atoms with Crippen molar-refractivity contribution in [3.8, 4) is 17.2 Å². The normalized spacial score (nSPS) is 15.3. The highest BCUT2D eigenvalue weighted by Gasteiger charge is 2.21. The molecule has 2 aromatic rings. The number of para-hydroxylation sites is 2. The molecular weight excluding hydrogens is 318 g/mol. The summed E-state index contributed by atoms with van der Waals surface area (Å²) in [6.45, 7) is 4.51. The van der Waals surface area contributed by atoms with E-state index < -0.39 is 0 Å². The first-order valence-corrected chi connectivity index (χ1v) is 8.15. The summed E-state index contributed by atoms with van der Waals surface area (Å²) in [5.74, 6) is 2.02. The van der Waals surface area contributed by atoms with Crippen LogP contribution in [0.5, 0.6) is 17.2 Å². The van der Waals surface area contributed by atoms with E-state index >= 15 is 0 Å². The Labute approximate surface area is 147 Å². The number of ether oxygens (including phenoxy) is 3. The number of benzene rings is 2. The van der Waals surface area contributed by atoms with Gasteiger partial charge in [0, 0.05) is 5.56 Å². The molecule has 0 aliphatic carbocycles. The van der Waals surface area contributed by atoms with Crippen LogP contribution in [0.15, 0.2) is 55.1 Å². The number of allylic oxidation sites excluding steroid dienone is 1. The van der Waals surface area contributed by atoms with E-state index in [1.54, 1.807) is 25.3 Å². The van der Waals surface area contributed by atoms with Crippen LogP contribution >= 0.6 is 0 Å². The minimum absolute atomic E-state index is 0.157. The molecule has 0 spiro atoms. The molecule has 0 bridgehead atoms. The summed E-state index contributed by atoms with van der Waals surface area (Å²) in [5.41, 5.74) is 1.51. The second-order valence-electron chi connectivity index (χ2n) is 5.73. The van der Waals surface area contributed by atoms with Gasteiger partial charge in [0.2, 0.25) is 0 Å². The Morgan fingerprint density at radius 2 is 2.12 bits per heavy atom. The molecule has 0 unspecified atom stereocenters. The van der Waals surface area contributed by atoms with Crippen molar-refractivity contribution in [3.63, 3.8) is 0 Å². The zero-order valence-electron chi connectivity index (χ0n) is 14.2. The van der Waals surface area contributed by atoms with Crippen LogP contribution in [0, 0.1) is 0 Å². The van der Waals surface area contributed by atoms with E-state index in [-0.39, 0.29) is 12.0 Å². The van der Waals surface area contributed by atoms with E-state index in [1.807, 2.05) is 30.3 Å². The Kier molecular flexibility index (Phi) is 5.23. The number of methoxy groups -OCH3 is 1. The number of carbonyl (C=O) groups is 1. The van der Waals surface area contributed by atoms with Crippen molar-refractivity contribution in [1.82, 2.24) is 5.32 Å². The summed E-state index contributed by atoms with van der Waals surface area (Å²) in [6.07, 6.45) is 2.20. The molecule has 2 aromatic carbocycles. The molecule has 1 atom stereocenters. The Bertz CT molecular complexity index is 772. The topological polar surface area (TPSA) is 56.8 Å². The monoisotopic (exact) mass is 339 g/mol. The third-order valence-corrected chi connectivity index (χ3v) is 3.96. The van der Waals surface area contributed by atoms with Crippen LogP contribution < -0.4 is 19.5 Å². The van der Waals surface area contributed by atoms with E-state index in [9.17, 15) is 4.79 Å². The number of amides is 1. The molecule has 0 radical (unpaired) electrons. The predicted molar refractivity (Wildman–Crippen MR) is 95.6 cm³/mol. The lowest BCUT2D eigenvalue weighted by molar-refractivity contribution is 0.0789. The van der Waals surface area contributed by atoms with Gasteiger partial charge < -0.3 is 19.5 Å². The van der Waals surface area contributed by atoms with Gasteiger partial charge in [-0.3, -0.25) is 4.79 Å². The number of hydrogen-bond donors (Lipinski definition) is 1. The van der Waals surface area contributed by atoms with Crippen molar-refractivity contribution in [2.45, 2.75) is 12.5 Å². The average molecular weight is 339 g/mol. The van der Waals surface area contributed by atoms with Gasteiger partial charge in [-0.2, -0.15) is 0 Å². The predicted octanol–water partition coefficient (Wildman–Crippen LogP) is 2.99. The Morgan fingerprint density at radius 1 is 1.32 bits per heavy atom. The van der Waals surface area contributed by atoms with Crippen LogP contribution in [-0.2, 0) is 6.42 Å². The van der Waals surface area contributed by atoms with E-state index in [4.69, 9.17) is 14.2 Å². The zero-order chi connectivity index (χ0) is 17.6. The van der Waals surface area contributed by atoms with Gasteiger partial charge in [-0.25, -0.2) is 0 Å². The minimum Gasteiger partial charge on any atom is -0.496 e. The highest BCUT2D eigenvalue weighted by molar-refractivity contribution is 5.94. The molecule has 1 amide bonds. The molecule has 0 saturated carbocycles. The highest BCUT2D eigenvalue weighted by atomic mass is 16.6. The van der Waals surface area contributed by atoms with Crippen molar-refractivity contribution >= 4 is 5.91 Å². The van der Waals surface area contributed by atoms with Crippen LogP contribution in [0.1, 0.15) is 15.9 Å². The maximum absolute atomic E-state index is 12.4. The standard InChI is InChI=1S/C20H21NO4/c1-3-6-14-11-15(9-10-17(14)23-2)20(22)21-12-16-13-24-18-7-4-5-8-19(18)25-16/h3-5,7-11,16H,1,6,12-13H2,2H3,(H,21,22)/t16-/m1/s1.